The van der Waals surface area contributed by atoms with Crippen LogP contribution < -0.4 is 0 Å². The van der Waals surface area contributed by atoms with Crippen molar-refractivity contribution in [1.29, 1.82) is 5.26 Å². The molecule has 0 aromatic heterocycles. The Labute approximate surface area is 126 Å². The molecule has 0 spiro atoms. The van der Waals surface area contributed by atoms with E-state index in [1.165, 1.54) is 0 Å². The minimum Gasteiger partial charge on any atom is -0.481 e. The third kappa shape index (κ3) is 2.79. The highest BCUT2D eigenvalue weighted by Gasteiger charge is 2.57. The van der Waals surface area contributed by atoms with Gasteiger partial charge < -0.3 is 5.11 Å². The van der Waals surface area contributed by atoms with Crippen molar-refractivity contribution in [3.8, 4) is 6.07 Å². The van der Waals surface area contributed by atoms with Gasteiger partial charge in [0.2, 0.25) is 0 Å². The van der Waals surface area contributed by atoms with Crippen molar-refractivity contribution in [3.05, 3.63) is 0 Å². The molecular formula is C16H26N2O3. The maximum absolute atomic E-state index is 11.5. The summed E-state index contributed by atoms with van der Waals surface area (Å²) in [7, 11) is 0. The number of carbonyl (C=O) groups is 1. The zero-order valence-electron chi connectivity index (χ0n) is 13.5. The summed E-state index contributed by atoms with van der Waals surface area (Å²) in [5.41, 5.74) is -1.81. The summed E-state index contributed by atoms with van der Waals surface area (Å²) >= 11 is 0. The number of aliphatic carboxylic acids is 1. The van der Waals surface area contributed by atoms with Gasteiger partial charge in [0.05, 0.1) is 17.5 Å². The third-order valence-electron chi connectivity index (χ3n) is 5.06. The van der Waals surface area contributed by atoms with E-state index >= 15 is 0 Å². The van der Waals surface area contributed by atoms with Gasteiger partial charge in [-0.1, -0.05) is 6.42 Å². The van der Waals surface area contributed by atoms with Gasteiger partial charge in [0.15, 0.2) is 5.60 Å². The van der Waals surface area contributed by atoms with Crippen LogP contribution in [0.2, 0.25) is 0 Å². The van der Waals surface area contributed by atoms with E-state index in [-0.39, 0.29) is 0 Å². The molecule has 1 N–H and O–H groups in total. The Balaban J connectivity index is 2.28. The Bertz CT molecular complexity index is 459. The minimum atomic E-state index is -0.797. The standard InChI is InChI=1S/C16H26N2O3/c1-14(2)10-12(13(19)20)15(3,4)18(14)21-16(11-17)8-6-5-7-9-16/h12H,5-10H2,1-4H3,(H,19,20). The van der Waals surface area contributed by atoms with Crippen LogP contribution in [-0.2, 0) is 9.63 Å². The van der Waals surface area contributed by atoms with Crippen LogP contribution in [0, 0.1) is 17.2 Å². The predicted octanol–water partition coefficient (Wildman–Crippen LogP) is 3.11. The van der Waals surface area contributed by atoms with E-state index in [4.69, 9.17) is 4.84 Å². The van der Waals surface area contributed by atoms with Gasteiger partial charge in [-0.15, -0.1) is 0 Å². The number of carboxylic acids is 1. The van der Waals surface area contributed by atoms with Crippen molar-refractivity contribution in [2.24, 2.45) is 5.92 Å². The van der Waals surface area contributed by atoms with E-state index in [0.717, 1.165) is 32.1 Å². The molecule has 5 heteroatoms. The minimum absolute atomic E-state index is 0.395. The molecule has 0 aromatic rings. The van der Waals surface area contributed by atoms with Crippen LogP contribution >= 0.6 is 0 Å². The lowest BCUT2D eigenvalue weighted by atomic mass is 9.86. The summed E-state index contributed by atoms with van der Waals surface area (Å²) < 4.78 is 0. The van der Waals surface area contributed by atoms with Crippen molar-refractivity contribution in [3.63, 3.8) is 0 Å². The van der Waals surface area contributed by atoms with Crippen molar-refractivity contribution in [2.45, 2.75) is 82.9 Å². The first-order valence-electron chi connectivity index (χ1n) is 7.78. The van der Waals surface area contributed by atoms with Gasteiger partial charge in [-0.3, -0.25) is 9.63 Å². The fourth-order valence-electron chi connectivity index (χ4n) is 3.91. The lowest BCUT2D eigenvalue weighted by Crippen LogP contribution is -2.55. The Kier molecular flexibility index (Phi) is 4.07. The second-order valence-electron chi connectivity index (χ2n) is 7.61. The molecule has 5 nitrogen and oxygen atoms in total. The highest BCUT2D eigenvalue weighted by molar-refractivity contribution is 5.72. The maximum atomic E-state index is 11.5. The van der Waals surface area contributed by atoms with Crippen LogP contribution in [0.15, 0.2) is 0 Å². The maximum Gasteiger partial charge on any atom is 0.308 e. The lowest BCUT2D eigenvalue weighted by molar-refractivity contribution is -0.299. The van der Waals surface area contributed by atoms with Gasteiger partial charge in [0, 0.05) is 5.54 Å². The smallest absolute Gasteiger partial charge is 0.308 e. The number of carboxylic acid groups (broad SMARTS) is 1. The number of rotatable bonds is 3. The van der Waals surface area contributed by atoms with E-state index in [2.05, 4.69) is 6.07 Å². The zero-order chi connectivity index (χ0) is 15.9. The fourth-order valence-corrected chi connectivity index (χ4v) is 3.91. The molecule has 21 heavy (non-hydrogen) atoms. The molecular weight excluding hydrogens is 268 g/mol. The molecule has 0 aromatic carbocycles. The first-order chi connectivity index (χ1) is 9.65. The monoisotopic (exact) mass is 294 g/mol. The van der Waals surface area contributed by atoms with Gasteiger partial charge in [-0.05, 0) is 59.8 Å². The van der Waals surface area contributed by atoms with Crippen molar-refractivity contribution in [2.75, 3.05) is 0 Å². The normalized spacial score (nSPS) is 30.7. The Morgan fingerprint density at radius 3 is 2.24 bits per heavy atom. The second kappa shape index (κ2) is 5.26. The van der Waals surface area contributed by atoms with Crippen LogP contribution in [0.1, 0.15) is 66.2 Å². The molecule has 2 aliphatic rings. The summed E-state index contributed by atoms with van der Waals surface area (Å²) in [6.07, 6.45) is 5.09. The van der Waals surface area contributed by atoms with E-state index in [1.807, 2.05) is 27.7 Å². The molecule has 2 fully saturated rings. The molecule has 2 rings (SSSR count). The molecule has 1 atom stereocenters. The van der Waals surface area contributed by atoms with Gasteiger partial charge >= 0.3 is 5.97 Å². The van der Waals surface area contributed by atoms with Crippen LogP contribution in [0.4, 0.5) is 0 Å². The first-order valence-corrected chi connectivity index (χ1v) is 7.78. The van der Waals surface area contributed by atoms with Crippen molar-refractivity contribution >= 4 is 5.97 Å². The van der Waals surface area contributed by atoms with Gasteiger partial charge in [-0.25, -0.2) is 0 Å². The quantitative estimate of drug-likeness (QED) is 0.865. The number of hydroxylamine groups is 2. The van der Waals surface area contributed by atoms with Gasteiger partial charge in [-0.2, -0.15) is 10.3 Å². The summed E-state index contributed by atoms with van der Waals surface area (Å²) in [5.74, 6) is -1.29. The lowest BCUT2D eigenvalue weighted by Gasteiger charge is -2.45. The van der Waals surface area contributed by atoms with E-state index < -0.39 is 28.6 Å². The average Bonchev–Trinajstić information content (AvgIpc) is 2.59. The SMILES string of the molecule is CC1(C)CC(C(=O)O)C(C)(C)N1OC1(C#N)CCCCC1. The van der Waals surface area contributed by atoms with Crippen LogP contribution in [0.3, 0.4) is 0 Å². The Morgan fingerprint density at radius 1 is 1.24 bits per heavy atom. The number of hydrogen-bond acceptors (Lipinski definition) is 4. The van der Waals surface area contributed by atoms with E-state index in [9.17, 15) is 15.2 Å². The molecule has 1 unspecified atom stereocenters. The van der Waals surface area contributed by atoms with Crippen molar-refractivity contribution in [1.82, 2.24) is 5.06 Å². The number of nitrogens with zero attached hydrogens (tertiary/aromatic N) is 2. The Hall–Kier alpha value is -1.12. The summed E-state index contributed by atoms with van der Waals surface area (Å²) in [5, 5.41) is 20.9. The topological polar surface area (TPSA) is 73.6 Å². The molecule has 1 aliphatic heterocycles. The Morgan fingerprint density at radius 2 is 1.81 bits per heavy atom. The third-order valence-corrected chi connectivity index (χ3v) is 5.06. The number of nitriles is 1. The molecule has 0 bridgehead atoms. The van der Waals surface area contributed by atoms with E-state index in [1.54, 1.807) is 5.06 Å². The predicted molar refractivity (Wildman–Crippen MR) is 78.3 cm³/mol. The second-order valence-corrected chi connectivity index (χ2v) is 7.61. The molecule has 1 aliphatic carbocycles. The van der Waals surface area contributed by atoms with Crippen LogP contribution in [-0.4, -0.2) is 32.8 Å². The molecule has 118 valence electrons. The summed E-state index contributed by atoms with van der Waals surface area (Å²) in [6, 6.07) is 2.35. The van der Waals surface area contributed by atoms with Gasteiger partial charge in [0.1, 0.15) is 0 Å². The molecule has 1 saturated heterocycles. The molecule has 0 amide bonds. The van der Waals surface area contributed by atoms with Crippen LogP contribution in [0.5, 0.6) is 0 Å². The van der Waals surface area contributed by atoms with Crippen molar-refractivity contribution < 1.29 is 14.7 Å². The first kappa shape index (κ1) is 16.3. The number of hydrogen-bond donors (Lipinski definition) is 1. The van der Waals surface area contributed by atoms with E-state index in [0.29, 0.717) is 6.42 Å². The highest BCUT2D eigenvalue weighted by Crippen LogP contribution is 2.47. The largest absolute Gasteiger partial charge is 0.481 e. The van der Waals surface area contributed by atoms with Crippen LogP contribution in [0.25, 0.3) is 0 Å². The zero-order valence-corrected chi connectivity index (χ0v) is 13.5. The summed E-state index contributed by atoms with van der Waals surface area (Å²) in [4.78, 5) is 17.8. The highest BCUT2D eigenvalue weighted by atomic mass is 16.7. The van der Waals surface area contributed by atoms with Gasteiger partial charge in [0.25, 0.3) is 0 Å². The molecule has 1 heterocycles. The average molecular weight is 294 g/mol. The summed E-state index contributed by atoms with van der Waals surface area (Å²) in [6.45, 7) is 7.78. The fraction of sp³-hybridized carbons (Fsp3) is 0.875. The molecule has 0 radical (unpaired) electrons. The molecule has 1 saturated carbocycles.